The number of sulfonamides is 1. The molecule has 0 bridgehead atoms. The third-order valence-corrected chi connectivity index (χ3v) is 5.76. The minimum atomic E-state index is -3.82. The molecule has 0 amide bonds. The van der Waals surface area contributed by atoms with Crippen molar-refractivity contribution < 1.29 is 8.42 Å². The van der Waals surface area contributed by atoms with E-state index in [1.54, 1.807) is 32.2 Å². The third-order valence-electron chi connectivity index (χ3n) is 3.62. The van der Waals surface area contributed by atoms with Crippen molar-refractivity contribution in [1.29, 1.82) is 0 Å². The molecule has 3 aromatic rings. The van der Waals surface area contributed by atoms with E-state index in [1.807, 2.05) is 0 Å². The van der Waals surface area contributed by atoms with Gasteiger partial charge in [0.25, 0.3) is 16.0 Å². The fourth-order valence-corrected chi connectivity index (χ4v) is 3.85. The Bertz CT molecular complexity index is 1010. The zero-order chi connectivity index (χ0) is 18.2. The van der Waals surface area contributed by atoms with Crippen molar-refractivity contribution in [2.75, 3.05) is 4.72 Å². The summed E-state index contributed by atoms with van der Waals surface area (Å²) in [6.07, 6.45) is 2.67. The smallest absolute Gasteiger partial charge is 0.267 e. The van der Waals surface area contributed by atoms with Gasteiger partial charge in [-0.05, 0) is 19.1 Å². The number of anilines is 1. The van der Waals surface area contributed by atoms with Crippen molar-refractivity contribution in [2.24, 2.45) is 7.05 Å². The summed E-state index contributed by atoms with van der Waals surface area (Å²) in [5.41, 5.74) is 1.18. The Balaban J connectivity index is 1.81. The predicted molar refractivity (Wildman–Crippen MR) is 94.3 cm³/mol. The summed E-state index contributed by atoms with van der Waals surface area (Å²) in [5, 5.41) is 9.03. The molecule has 8 nitrogen and oxygen atoms in total. The molecule has 0 spiro atoms. The average molecular weight is 401 g/mol. The zero-order valence-electron chi connectivity index (χ0n) is 13.3. The van der Waals surface area contributed by atoms with E-state index in [2.05, 4.69) is 19.9 Å². The second-order valence-corrected chi connectivity index (χ2v) is 7.75. The van der Waals surface area contributed by atoms with Crippen molar-refractivity contribution in [2.45, 2.75) is 18.4 Å². The van der Waals surface area contributed by atoms with Gasteiger partial charge in [0, 0.05) is 22.7 Å². The molecular formula is C14H14Cl2N6O2S. The molecule has 0 aliphatic carbocycles. The molecule has 0 unspecified atom stereocenters. The Labute approximate surface area is 154 Å². The number of hydrogen-bond donors (Lipinski definition) is 1. The maximum Gasteiger partial charge on any atom is 0.267 e. The molecule has 0 aliphatic rings. The average Bonchev–Trinajstić information content (AvgIpc) is 3.10. The lowest BCUT2D eigenvalue weighted by atomic mass is 10.2. The summed E-state index contributed by atoms with van der Waals surface area (Å²) >= 11 is 12.3. The molecule has 3 rings (SSSR count). The van der Waals surface area contributed by atoms with Crippen molar-refractivity contribution >= 4 is 39.2 Å². The van der Waals surface area contributed by atoms with E-state index in [4.69, 9.17) is 23.2 Å². The van der Waals surface area contributed by atoms with Crippen LogP contribution >= 0.6 is 23.2 Å². The van der Waals surface area contributed by atoms with Gasteiger partial charge in [-0.1, -0.05) is 29.3 Å². The number of rotatable bonds is 5. The third kappa shape index (κ3) is 3.63. The Morgan fingerprint density at radius 3 is 2.52 bits per heavy atom. The van der Waals surface area contributed by atoms with Gasteiger partial charge in [-0.2, -0.15) is 10.1 Å². The molecule has 0 aliphatic heterocycles. The van der Waals surface area contributed by atoms with Gasteiger partial charge in [0.15, 0.2) is 0 Å². The Kier molecular flexibility index (Phi) is 4.72. The van der Waals surface area contributed by atoms with Crippen LogP contribution in [0.2, 0.25) is 10.0 Å². The molecule has 2 heterocycles. The van der Waals surface area contributed by atoms with E-state index in [0.29, 0.717) is 21.3 Å². The van der Waals surface area contributed by atoms with Crippen molar-refractivity contribution in [3.63, 3.8) is 0 Å². The standard InChI is InChI=1S/C14H14Cl2N6O2S/c1-9-13(6-18-21(9)2)25(23,24)20-14-17-8-22(19-14)7-10-11(15)4-3-5-12(10)16/h3-6,8H,7H2,1-2H3,(H,19,20). The quantitative estimate of drug-likeness (QED) is 0.709. The van der Waals surface area contributed by atoms with E-state index in [0.717, 1.165) is 0 Å². The molecule has 2 aromatic heterocycles. The molecule has 0 saturated carbocycles. The molecule has 0 saturated heterocycles. The van der Waals surface area contributed by atoms with Crippen LogP contribution in [0.3, 0.4) is 0 Å². The summed E-state index contributed by atoms with van der Waals surface area (Å²) in [6.45, 7) is 1.92. The fourth-order valence-electron chi connectivity index (χ4n) is 2.18. The lowest BCUT2D eigenvalue weighted by Gasteiger charge is -2.06. The Hall–Kier alpha value is -2.10. The molecule has 0 fully saturated rings. The van der Waals surface area contributed by atoms with Gasteiger partial charge in [0.05, 0.1) is 18.4 Å². The molecule has 132 valence electrons. The molecule has 11 heteroatoms. The van der Waals surface area contributed by atoms with Gasteiger partial charge < -0.3 is 0 Å². The number of hydrogen-bond acceptors (Lipinski definition) is 5. The van der Waals surface area contributed by atoms with Gasteiger partial charge in [0.1, 0.15) is 11.2 Å². The lowest BCUT2D eigenvalue weighted by molar-refractivity contribution is 0.599. The molecule has 25 heavy (non-hydrogen) atoms. The molecule has 1 N–H and O–H groups in total. The molecular weight excluding hydrogens is 387 g/mol. The summed E-state index contributed by atoms with van der Waals surface area (Å²) in [5.74, 6) is -0.0496. The summed E-state index contributed by atoms with van der Waals surface area (Å²) < 4.78 is 30.1. The molecule has 0 radical (unpaired) electrons. The van der Waals surface area contributed by atoms with E-state index in [9.17, 15) is 8.42 Å². The van der Waals surface area contributed by atoms with Gasteiger partial charge in [-0.15, -0.1) is 5.10 Å². The van der Waals surface area contributed by atoms with Crippen LogP contribution in [0.5, 0.6) is 0 Å². The summed E-state index contributed by atoms with van der Waals surface area (Å²) in [6, 6.07) is 5.17. The highest BCUT2D eigenvalue weighted by molar-refractivity contribution is 7.92. The first-order valence-corrected chi connectivity index (χ1v) is 9.35. The largest absolute Gasteiger partial charge is 0.272 e. The van der Waals surface area contributed by atoms with Gasteiger partial charge in [-0.3, -0.25) is 4.68 Å². The van der Waals surface area contributed by atoms with Gasteiger partial charge >= 0.3 is 0 Å². The first-order valence-electron chi connectivity index (χ1n) is 7.11. The van der Waals surface area contributed by atoms with Crippen molar-refractivity contribution in [3.8, 4) is 0 Å². The zero-order valence-corrected chi connectivity index (χ0v) is 15.6. The minimum Gasteiger partial charge on any atom is -0.272 e. The highest BCUT2D eigenvalue weighted by Crippen LogP contribution is 2.25. The number of aromatic nitrogens is 5. The monoisotopic (exact) mass is 400 g/mol. The van der Waals surface area contributed by atoms with Crippen molar-refractivity contribution in [1.82, 2.24) is 24.5 Å². The maximum absolute atomic E-state index is 12.4. The Morgan fingerprint density at radius 2 is 1.92 bits per heavy atom. The fraction of sp³-hybridized carbons (Fsp3) is 0.214. The van der Waals surface area contributed by atoms with Crippen LogP contribution in [0.25, 0.3) is 0 Å². The number of benzene rings is 1. The van der Waals surface area contributed by atoms with E-state index >= 15 is 0 Å². The van der Waals surface area contributed by atoms with Crippen LogP contribution in [0, 0.1) is 6.92 Å². The second-order valence-electron chi connectivity index (χ2n) is 5.29. The SMILES string of the molecule is Cc1c(S(=O)(=O)Nc2ncn(Cc3c(Cl)cccc3Cl)n2)cnn1C. The van der Waals surface area contributed by atoms with Crippen LogP contribution in [-0.2, 0) is 23.6 Å². The van der Waals surface area contributed by atoms with Crippen LogP contribution in [0.4, 0.5) is 5.95 Å². The summed E-state index contributed by atoms with van der Waals surface area (Å²) in [7, 11) is -2.16. The van der Waals surface area contributed by atoms with Gasteiger partial charge in [0.2, 0.25) is 0 Å². The summed E-state index contributed by atoms with van der Waals surface area (Å²) in [4.78, 5) is 4.04. The normalized spacial score (nSPS) is 11.7. The maximum atomic E-state index is 12.4. The van der Waals surface area contributed by atoms with Crippen LogP contribution in [0.15, 0.2) is 35.6 Å². The highest BCUT2D eigenvalue weighted by Gasteiger charge is 2.21. The minimum absolute atomic E-state index is 0.0496. The van der Waals surface area contributed by atoms with Gasteiger partial charge in [-0.25, -0.2) is 17.8 Å². The molecule has 0 atom stereocenters. The lowest BCUT2D eigenvalue weighted by Crippen LogP contribution is -2.15. The van der Waals surface area contributed by atoms with Crippen LogP contribution in [0.1, 0.15) is 11.3 Å². The van der Waals surface area contributed by atoms with Crippen LogP contribution < -0.4 is 4.72 Å². The van der Waals surface area contributed by atoms with Crippen LogP contribution in [-0.4, -0.2) is 33.0 Å². The van der Waals surface area contributed by atoms with Crippen molar-refractivity contribution in [3.05, 3.63) is 52.0 Å². The number of halogens is 2. The first kappa shape index (κ1) is 17.7. The number of aryl methyl sites for hydroxylation is 1. The second kappa shape index (κ2) is 6.66. The molecule has 1 aromatic carbocycles. The Morgan fingerprint density at radius 1 is 1.24 bits per heavy atom. The highest BCUT2D eigenvalue weighted by atomic mass is 35.5. The first-order chi connectivity index (χ1) is 11.8. The number of nitrogens with zero attached hydrogens (tertiary/aromatic N) is 5. The predicted octanol–water partition coefficient (Wildman–Crippen LogP) is 2.48. The van der Waals surface area contributed by atoms with E-state index in [1.165, 1.54) is 21.9 Å². The number of nitrogens with one attached hydrogen (secondary N) is 1. The topological polar surface area (TPSA) is 94.7 Å². The van der Waals surface area contributed by atoms with E-state index in [-0.39, 0.29) is 17.4 Å². The van der Waals surface area contributed by atoms with E-state index < -0.39 is 10.0 Å².